The van der Waals surface area contributed by atoms with Gasteiger partial charge in [-0.3, -0.25) is 10.1 Å². The van der Waals surface area contributed by atoms with Gasteiger partial charge in [-0.2, -0.15) is 0 Å². The molecule has 7 heteroatoms. The van der Waals surface area contributed by atoms with Crippen LogP contribution >= 0.6 is 15.9 Å². The number of halogens is 1. The number of carbonyl (C=O) groups excluding carboxylic acids is 2. The summed E-state index contributed by atoms with van der Waals surface area (Å²) in [7, 11) is 1.61. The first kappa shape index (κ1) is 20.9. The Bertz CT molecular complexity index is 839. The number of hydrogen-bond acceptors (Lipinski definition) is 4. The number of amides is 3. The van der Waals surface area contributed by atoms with Gasteiger partial charge < -0.3 is 15.4 Å². The molecule has 1 unspecified atom stereocenters. The average Bonchev–Trinajstić information content (AvgIpc) is 2.62. The number of ether oxygens (including phenoxy) is 1. The van der Waals surface area contributed by atoms with Crippen LogP contribution in [0.2, 0.25) is 0 Å². The molecule has 1 atom stereocenters. The second-order valence-electron chi connectivity index (χ2n) is 6.32. The topological polar surface area (TPSA) is 79.5 Å². The van der Waals surface area contributed by atoms with E-state index in [0.717, 1.165) is 26.9 Å². The molecular weight excluding hydrogens is 410 g/mol. The lowest BCUT2D eigenvalue weighted by molar-refractivity contribution is -0.119. The Labute approximate surface area is 167 Å². The molecule has 27 heavy (non-hydrogen) atoms. The maximum atomic E-state index is 12.0. The molecule has 0 aliphatic heterocycles. The van der Waals surface area contributed by atoms with Gasteiger partial charge in [0.2, 0.25) is 5.91 Å². The van der Waals surface area contributed by atoms with Gasteiger partial charge in [-0.25, -0.2) is 4.79 Å². The van der Waals surface area contributed by atoms with E-state index < -0.39 is 11.9 Å². The fourth-order valence-electron chi connectivity index (χ4n) is 2.59. The summed E-state index contributed by atoms with van der Waals surface area (Å²) in [5.74, 6) is 0.337. The Kier molecular flexibility index (Phi) is 7.38. The van der Waals surface area contributed by atoms with E-state index in [1.807, 2.05) is 57.2 Å². The molecule has 0 aliphatic carbocycles. The van der Waals surface area contributed by atoms with Crippen molar-refractivity contribution in [2.24, 2.45) is 0 Å². The highest BCUT2D eigenvalue weighted by Gasteiger charge is 2.12. The fourth-order valence-corrected chi connectivity index (χ4v) is 3.15. The summed E-state index contributed by atoms with van der Waals surface area (Å²) in [5.41, 5.74) is 3.72. The zero-order valence-electron chi connectivity index (χ0n) is 15.9. The molecule has 0 fully saturated rings. The predicted octanol–water partition coefficient (Wildman–Crippen LogP) is 4.07. The van der Waals surface area contributed by atoms with Crippen molar-refractivity contribution in [3.05, 3.63) is 57.6 Å². The highest BCUT2D eigenvalue weighted by molar-refractivity contribution is 9.10. The van der Waals surface area contributed by atoms with Crippen molar-refractivity contribution < 1.29 is 14.3 Å². The van der Waals surface area contributed by atoms with Crippen LogP contribution in [0.4, 0.5) is 10.5 Å². The van der Waals surface area contributed by atoms with Crippen molar-refractivity contribution in [1.82, 2.24) is 10.6 Å². The Morgan fingerprint density at radius 3 is 2.52 bits per heavy atom. The molecule has 0 radical (unpaired) electrons. The Morgan fingerprint density at radius 2 is 1.89 bits per heavy atom. The van der Waals surface area contributed by atoms with E-state index in [1.165, 1.54) is 0 Å². The molecule has 0 spiro atoms. The van der Waals surface area contributed by atoms with E-state index in [9.17, 15) is 9.59 Å². The average molecular weight is 434 g/mol. The Balaban J connectivity index is 1.84. The van der Waals surface area contributed by atoms with E-state index in [1.54, 1.807) is 7.11 Å². The van der Waals surface area contributed by atoms with Gasteiger partial charge in [0.25, 0.3) is 0 Å². The van der Waals surface area contributed by atoms with Gasteiger partial charge in [0.15, 0.2) is 0 Å². The summed E-state index contributed by atoms with van der Waals surface area (Å²) in [5, 5.41) is 8.11. The third-order valence-electron chi connectivity index (χ3n) is 4.13. The first-order valence-corrected chi connectivity index (χ1v) is 9.34. The second kappa shape index (κ2) is 9.53. The summed E-state index contributed by atoms with van der Waals surface area (Å²) in [4.78, 5) is 24.0. The molecule has 0 aromatic heterocycles. The first-order valence-electron chi connectivity index (χ1n) is 8.55. The van der Waals surface area contributed by atoms with Gasteiger partial charge in [-0.15, -0.1) is 0 Å². The fraction of sp³-hybridized carbons (Fsp3) is 0.300. The number of hydrogen-bond donors (Lipinski definition) is 3. The molecule has 0 saturated heterocycles. The number of imide groups is 1. The number of rotatable bonds is 6. The summed E-state index contributed by atoms with van der Waals surface area (Å²) < 4.78 is 6.05. The third-order valence-corrected chi connectivity index (χ3v) is 4.75. The van der Waals surface area contributed by atoms with Crippen LogP contribution in [-0.2, 0) is 4.79 Å². The molecule has 2 aromatic carbocycles. The monoisotopic (exact) mass is 433 g/mol. The molecule has 144 valence electrons. The molecule has 0 saturated carbocycles. The minimum absolute atomic E-state index is 0.0190. The molecule has 0 aliphatic rings. The van der Waals surface area contributed by atoms with Crippen LogP contribution in [0.25, 0.3) is 0 Å². The van der Waals surface area contributed by atoms with Gasteiger partial charge in [0.05, 0.1) is 18.1 Å². The highest BCUT2D eigenvalue weighted by atomic mass is 79.9. The zero-order chi connectivity index (χ0) is 20.0. The van der Waals surface area contributed by atoms with Gasteiger partial charge in [0.1, 0.15) is 5.75 Å². The SMILES string of the molecule is COc1ccc(C(C)NCC(=O)NC(=O)Nc2ccc(C)cc2C)cc1Br. The van der Waals surface area contributed by atoms with Crippen molar-refractivity contribution in [1.29, 1.82) is 0 Å². The highest BCUT2D eigenvalue weighted by Crippen LogP contribution is 2.27. The van der Waals surface area contributed by atoms with Crippen LogP contribution < -0.4 is 20.7 Å². The standard InChI is InChI=1S/C20H24BrN3O3/c1-12-5-7-17(13(2)9-12)23-20(26)24-19(25)11-22-14(3)15-6-8-18(27-4)16(21)10-15/h5-10,14,22H,11H2,1-4H3,(H2,23,24,25,26). The molecular formula is C20H24BrN3O3. The van der Waals surface area contributed by atoms with Crippen LogP contribution in [0.3, 0.4) is 0 Å². The lowest BCUT2D eigenvalue weighted by Gasteiger charge is -2.15. The summed E-state index contributed by atoms with van der Waals surface area (Å²) in [6, 6.07) is 10.8. The summed E-state index contributed by atoms with van der Waals surface area (Å²) in [6.45, 7) is 5.84. The van der Waals surface area contributed by atoms with Gasteiger partial charge >= 0.3 is 6.03 Å². The molecule has 0 bridgehead atoms. The molecule has 3 amide bonds. The van der Waals surface area contributed by atoms with Crippen molar-refractivity contribution >= 4 is 33.6 Å². The van der Waals surface area contributed by atoms with Gasteiger partial charge in [0, 0.05) is 11.7 Å². The molecule has 6 nitrogen and oxygen atoms in total. The van der Waals surface area contributed by atoms with E-state index in [4.69, 9.17) is 4.74 Å². The minimum atomic E-state index is -0.548. The van der Waals surface area contributed by atoms with E-state index in [2.05, 4.69) is 31.9 Å². The summed E-state index contributed by atoms with van der Waals surface area (Å²) >= 11 is 3.45. The second-order valence-corrected chi connectivity index (χ2v) is 7.17. The van der Waals surface area contributed by atoms with E-state index in [-0.39, 0.29) is 12.6 Å². The number of nitrogens with one attached hydrogen (secondary N) is 3. The van der Waals surface area contributed by atoms with Crippen molar-refractivity contribution in [2.45, 2.75) is 26.8 Å². The minimum Gasteiger partial charge on any atom is -0.496 e. The smallest absolute Gasteiger partial charge is 0.325 e. The van der Waals surface area contributed by atoms with Crippen molar-refractivity contribution in [2.75, 3.05) is 19.0 Å². The first-order chi connectivity index (χ1) is 12.8. The maximum Gasteiger partial charge on any atom is 0.325 e. The number of benzene rings is 2. The molecule has 3 N–H and O–H groups in total. The molecule has 0 heterocycles. The third kappa shape index (κ3) is 6.08. The number of anilines is 1. The van der Waals surface area contributed by atoms with Crippen LogP contribution in [0.5, 0.6) is 5.75 Å². The number of methoxy groups -OCH3 is 1. The largest absolute Gasteiger partial charge is 0.496 e. The number of carbonyl (C=O) groups is 2. The van der Waals surface area contributed by atoms with Gasteiger partial charge in [-0.05, 0) is 66.0 Å². The van der Waals surface area contributed by atoms with Crippen LogP contribution in [0.15, 0.2) is 40.9 Å². The lowest BCUT2D eigenvalue weighted by atomic mass is 10.1. The molecule has 2 aromatic rings. The maximum absolute atomic E-state index is 12.0. The van der Waals surface area contributed by atoms with E-state index in [0.29, 0.717) is 5.69 Å². The van der Waals surface area contributed by atoms with Crippen LogP contribution in [0.1, 0.15) is 29.7 Å². The predicted molar refractivity (Wildman–Crippen MR) is 110 cm³/mol. The van der Waals surface area contributed by atoms with Crippen LogP contribution in [0, 0.1) is 13.8 Å². The Hall–Kier alpha value is -2.38. The number of urea groups is 1. The zero-order valence-corrected chi connectivity index (χ0v) is 17.4. The normalized spacial score (nSPS) is 11.6. The van der Waals surface area contributed by atoms with Crippen LogP contribution in [-0.4, -0.2) is 25.6 Å². The molecule has 2 rings (SSSR count). The van der Waals surface area contributed by atoms with Crippen molar-refractivity contribution in [3.8, 4) is 5.75 Å². The van der Waals surface area contributed by atoms with Gasteiger partial charge in [-0.1, -0.05) is 23.8 Å². The summed E-state index contributed by atoms with van der Waals surface area (Å²) in [6.07, 6.45) is 0. The number of aryl methyl sites for hydroxylation is 2. The quantitative estimate of drug-likeness (QED) is 0.641. The van der Waals surface area contributed by atoms with Crippen molar-refractivity contribution in [3.63, 3.8) is 0 Å². The Morgan fingerprint density at radius 1 is 1.15 bits per heavy atom. The lowest BCUT2D eigenvalue weighted by Crippen LogP contribution is -2.40. The van der Waals surface area contributed by atoms with E-state index >= 15 is 0 Å².